The number of hydrogen-bond donors (Lipinski definition) is 1. The van der Waals surface area contributed by atoms with E-state index in [1.807, 2.05) is 0 Å². The first-order chi connectivity index (χ1) is 12.0. The highest BCUT2D eigenvalue weighted by atomic mass is 35.5. The Morgan fingerprint density at radius 3 is 2.52 bits per heavy atom. The van der Waals surface area contributed by atoms with E-state index in [1.54, 1.807) is 36.4 Å². The zero-order valence-corrected chi connectivity index (χ0v) is 14.9. The molecule has 25 heavy (non-hydrogen) atoms. The number of morpholine rings is 1. The lowest BCUT2D eigenvalue weighted by Gasteiger charge is -2.26. The molecule has 6 nitrogen and oxygen atoms in total. The molecule has 1 amide bonds. The second-order valence-electron chi connectivity index (χ2n) is 5.48. The largest absolute Gasteiger partial charge is 0.379 e. The van der Waals surface area contributed by atoms with Crippen LogP contribution in [0.15, 0.2) is 53.4 Å². The van der Waals surface area contributed by atoms with Gasteiger partial charge in [-0.3, -0.25) is 4.79 Å². The first-order valence-corrected chi connectivity index (χ1v) is 9.54. The second-order valence-corrected chi connectivity index (χ2v) is 7.82. The van der Waals surface area contributed by atoms with Gasteiger partial charge in [0.15, 0.2) is 0 Å². The van der Waals surface area contributed by atoms with Gasteiger partial charge in [0.05, 0.1) is 28.8 Å². The summed E-state index contributed by atoms with van der Waals surface area (Å²) in [5.41, 5.74) is 0.713. The van der Waals surface area contributed by atoms with Crippen LogP contribution >= 0.6 is 11.6 Å². The van der Waals surface area contributed by atoms with Crippen LogP contribution in [-0.2, 0) is 14.8 Å². The van der Waals surface area contributed by atoms with Crippen LogP contribution in [0.25, 0.3) is 0 Å². The molecule has 2 aromatic carbocycles. The molecule has 0 atom stereocenters. The van der Waals surface area contributed by atoms with Crippen molar-refractivity contribution in [1.29, 1.82) is 0 Å². The molecular formula is C17H17ClN2O4S. The quantitative estimate of drug-likeness (QED) is 0.884. The van der Waals surface area contributed by atoms with Gasteiger partial charge in [0.1, 0.15) is 0 Å². The van der Waals surface area contributed by atoms with Crippen LogP contribution in [0.4, 0.5) is 5.69 Å². The maximum absolute atomic E-state index is 12.7. The van der Waals surface area contributed by atoms with Gasteiger partial charge in [-0.25, -0.2) is 8.42 Å². The number of nitrogens with zero attached hydrogens (tertiary/aromatic N) is 1. The van der Waals surface area contributed by atoms with E-state index in [2.05, 4.69) is 5.32 Å². The summed E-state index contributed by atoms with van der Waals surface area (Å²) >= 11 is 6.03. The molecule has 1 aliphatic heterocycles. The van der Waals surface area contributed by atoms with E-state index in [0.717, 1.165) is 0 Å². The van der Waals surface area contributed by atoms with Crippen molar-refractivity contribution < 1.29 is 17.9 Å². The summed E-state index contributed by atoms with van der Waals surface area (Å²) in [6, 6.07) is 12.8. The van der Waals surface area contributed by atoms with Gasteiger partial charge in [-0.2, -0.15) is 4.31 Å². The van der Waals surface area contributed by atoms with Gasteiger partial charge in [0, 0.05) is 18.7 Å². The van der Waals surface area contributed by atoms with Crippen LogP contribution in [0.1, 0.15) is 10.4 Å². The highest BCUT2D eigenvalue weighted by Crippen LogP contribution is 2.22. The fraction of sp³-hybridized carbons (Fsp3) is 0.235. The van der Waals surface area contributed by atoms with Crippen LogP contribution in [0.2, 0.25) is 5.02 Å². The molecule has 0 unspecified atom stereocenters. The van der Waals surface area contributed by atoms with E-state index in [1.165, 1.54) is 16.4 Å². The average molecular weight is 381 g/mol. The van der Waals surface area contributed by atoms with E-state index in [-0.39, 0.29) is 10.5 Å². The summed E-state index contributed by atoms with van der Waals surface area (Å²) in [5.74, 6) is -0.424. The number of sulfonamides is 1. The van der Waals surface area contributed by atoms with Gasteiger partial charge in [0.25, 0.3) is 5.91 Å². The number of carbonyl (C=O) groups excluding carboxylic acids is 1. The van der Waals surface area contributed by atoms with Gasteiger partial charge in [-0.05, 0) is 30.3 Å². The van der Waals surface area contributed by atoms with Crippen molar-refractivity contribution in [2.75, 3.05) is 31.6 Å². The average Bonchev–Trinajstić information content (AvgIpc) is 2.64. The Morgan fingerprint density at radius 2 is 1.80 bits per heavy atom. The Hall–Kier alpha value is -1.93. The van der Waals surface area contributed by atoms with E-state index in [9.17, 15) is 13.2 Å². The number of ether oxygens (including phenoxy) is 1. The van der Waals surface area contributed by atoms with Gasteiger partial charge < -0.3 is 10.1 Å². The molecule has 0 aliphatic carbocycles. The van der Waals surface area contributed by atoms with Gasteiger partial charge in [-0.15, -0.1) is 0 Å². The number of halogens is 1. The first-order valence-electron chi connectivity index (χ1n) is 7.72. The third-order valence-corrected chi connectivity index (χ3v) is 6.05. The number of para-hydroxylation sites is 1. The van der Waals surface area contributed by atoms with Crippen LogP contribution in [0, 0.1) is 0 Å². The van der Waals surface area contributed by atoms with Crippen LogP contribution in [-0.4, -0.2) is 44.9 Å². The summed E-state index contributed by atoms with van der Waals surface area (Å²) in [4.78, 5) is 12.5. The number of carbonyl (C=O) groups is 1. The molecule has 1 aliphatic rings. The summed E-state index contributed by atoms with van der Waals surface area (Å²) in [5, 5.41) is 3.10. The molecule has 132 valence electrons. The molecule has 0 bridgehead atoms. The SMILES string of the molecule is O=C(Nc1ccccc1Cl)c1cccc(S(=O)(=O)N2CCOCC2)c1. The lowest BCUT2D eigenvalue weighted by molar-refractivity contribution is 0.0730. The smallest absolute Gasteiger partial charge is 0.255 e. The van der Waals surface area contributed by atoms with Crippen molar-refractivity contribution in [2.24, 2.45) is 0 Å². The van der Waals surface area contributed by atoms with E-state index < -0.39 is 15.9 Å². The maximum atomic E-state index is 12.7. The molecule has 3 rings (SSSR count). The van der Waals surface area contributed by atoms with Gasteiger partial charge >= 0.3 is 0 Å². The number of hydrogen-bond acceptors (Lipinski definition) is 4. The standard InChI is InChI=1S/C17H17ClN2O4S/c18-15-6-1-2-7-16(15)19-17(21)13-4-3-5-14(12-13)25(22,23)20-8-10-24-11-9-20/h1-7,12H,8-11H2,(H,19,21). The van der Waals surface area contributed by atoms with Crippen molar-refractivity contribution >= 4 is 33.2 Å². The minimum Gasteiger partial charge on any atom is -0.379 e. The second kappa shape index (κ2) is 7.53. The van der Waals surface area contributed by atoms with Gasteiger partial charge in [-0.1, -0.05) is 29.8 Å². The van der Waals surface area contributed by atoms with Crippen LogP contribution in [0.3, 0.4) is 0 Å². The van der Waals surface area contributed by atoms with Gasteiger partial charge in [0.2, 0.25) is 10.0 Å². The Labute approximate surface area is 151 Å². The third kappa shape index (κ3) is 4.01. The molecule has 0 aromatic heterocycles. The summed E-state index contributed by atoms with van der Waals surface area (Å²) in [6.07, 6.45) is 0. The topological polar surface area (TPSA) is 75.7 Å². The van der Waals surface area contributed by atoms with E-state index in [0.29, 0.717) is 37.0 Å². The Balaban J connectivity index is 1.83. The molecule has 0 radical (unpaired) electrons. The Bertz CT molecular complexity index is 880. The lowest BCUT2D eigenvalue weighted by Crippen LogP contribution is -2.40. The molecule has 1 heterocycles. The van der Waals surface area contributed by atoms with Crippen molar-refractivity contribution in [3.05, 3.63) is 59.1 Å². The van der Waals surface area contributed by atoms with Crippen molar-refractivity contribution in [3.63, 3.8) is 0 Å². The van der Waals surface area contributed by atoms with Crippen molar-refractivity contribution in [3.8, 4) is 0 Å². The predicted molar refractivity (Wildman–Crippen MR) is 95.4 cm³/mol. The van der Waals surface area contributed by atoms with Crippen LogP contribution in [0.5, 0.6) is 0 Å². The summed E-state index contributed by atoms with van der Waals surface area (Å²) < 4.78 is 31.9. The van der Waals surface area contributed by atoms with E-state index in [4.69, 9.17) is 16.3 Å². The van der Waals surface area contributed by atoms with E-state index >= 15 is 0 Å². The molecule has 8 heteroatoms. The fourth-order valence-corrected chi connectivity index (χ4v) is 4.13. The Morgan fingerprint density at radius 1 is 1.08 bits per heavy atom. The lowest BCUT2D eigenvalue weighted by atomic mass is 10.2. The minimum absolute atomic E-state index is 0.0845. The number of rotatable bonds is 4. The van der Waals surface area contributed by atoms with Crippen molar-refractivity contribution in [2.45, 2.75) is 4.90 Å². The highest BCUT2D eigenvalue weighted by molar-refractivity contribution is 7.89. The minimum atomic E-state index is -3.65. The number of amides is 1. The monoisotopic (exact) mass is 380 g/mol. The molecular weight excluding hydrogens is 364 g/mol. The normalized spacial score (nSPS) is 15.7. The van der Waals surface area contributed by atoms with Crippen LogP contribution < -0.4 is 5.32 Å². The van der Waals surface area contributed by atoms with Crippen molar-refractivity contribution in [1.82, 2.24) is 4.31 Å². The molecule has 1 saturated heterocycles. The number of nitrogens with one attached hydrogen (secondary N) is 1. The molecule has 2 aromatic rings. The Kier molecular flexibility index (Phi) is 5.39. The molecule has 0 saturated carbocycles. The number of benzene rings is 2. The molecule has 1 fully saturated rings. The third-order valence-electron chi connectivity index (χ3n) is 3.83. The molecule has 0 spiro atoms. The predicted octanol–water partition coefficient (Wildman–Crippen LogP) is 2.61. The highest BCUT2D eigenvalue weighted by Gasteiger charge is 2.26. The number of anilines is 1. The maximum Gasteiger partial charge on any atom is 0.255 e. The molecule has 1 N–H and O–H groups in total. The first kappa shape index (κ1) is 17.9. The fourth-order valence-electron chi connectivity index (χ4n) is 2.49. The zero-order valence-electron chi connectivity index (χ0n) is 13.3. The summed E-state index contributed by atoms with van der Waals surface area (Å²) in [6.45, 7) is 1.34. The summed E-state index contributed by atoms with van der Waals surface area (Å²) in [7, 11) is -3.65. The zero-order chi connectivity index (χ0) is 17.9.